The highest BCUT2D eigenvalue weighted by atomic mass is 32.2. The average molecular weight is 480 g/mol. The Kier molecular flexibility index (Phi) is 9.38. The third-order valence-electron chi connectivity index (χ3n) is 6.99. The normalized spacial score (nSPS) is 28.8. The van der Waals surface area contributed by atoms with Gasteiger partial charge in [-0.2, -0.15) is 0 Å². The van der Waals surface area contributed by atoms with Gasteiger partial charge in [0.2, 0.25) is 0 Å². The Morgan fingerprint density at radius 3 is 2.31 bits per heavy atom. The smallest absolute Gasteiger partial charge is 0.327 e. The van der Waals surface area contributed by atoms with E-state index in [1.54, 1.807) is 19.9 Å². The second-order valence-electron chi connectivity index (χ2n) is 9.62. The number of hydrogen-bond acceptors (Lipinski definition) is 5. The molecule has 2 aliphatic heterocycles. The fourth-order valence-corrected chi connectivity index (χ4v) is 6.58. The lowest BCUT2D eigenvalue weighted by Crippen LogP contribution is -2.47. The highest BCUT2D eigenvalue weighted by Gasteiger charge is 2.42. The first kappa shape index (κ1) is 25.4. The van der Waals surface area contributed by atoms with Crippen LogP contribution in [0.2, 0.25) is 0 Å². The molecule has 32 heavy (non-hydrogen) atoms. The topological polar surface area (TPSA) is 66.8 Å². The van der Waals surface area contributed by atoms with Gasteiger partial charge in [-0.3, -0.25) is 9.69 Å². The molecule has 0 spiro atoms. The maximum atomic E-state index is 13.0. The summed E-state index contributed by atoms with van der Waals surface area (Å²) in [6.45, 7) is 4.38. The van der Waals surface area contributed by atoms with E-state index in [2.05, 4.69) is 6.08 Å². The maximum absolute atomic E-state index is 13.0. The van der Waals surface area contributed by atoms with Crippen LogP contribution in [0, 0.1) is 11.8 Å². The van der Waals surface area contributed by atoms with Gasteiger partial charge < -0.3 is 9.84 Å². The van der Waals surface area contributed by atoms with E-state index in [1.807, 2.05) is 6.08 Å². The number of carboxylic acids is 1. The second-order valence-corrected chi connectivity index (χ2v) is 11.3. The quantitative estimate of drug-likeness (QED) is 0.367. The molecule has 3 aliphatic rings. The van der Waals surface area contributed by atoms with Gasteiger partial charge in [0.05, 0.1) is 10.5 Å². The number of carbonyl (C=O) groups excluding carboxylic acids is 1. The van der Waals surface area contributed by atoms with Crippen LogP contribution in [0.1, 0.15) is 84.5 Å². The molecule has 2 saturated heterocycles. The number of ether oxygens (including phenoxy) is 1. The SMILES string of the molecule is CC(C)C(C(=O)O)N1C(=O)/C(=C/C=C/C2(C3CCCCCCCCC3)CCCO2)SC1=S. The Labute approximate surface area is 202 Å². The van der Waals surface area contributed by atoms with Gasteiger partial charge >= 0.3 is 5.97 Å². The first-order chi connectivity index (χ1) is 15.4. The van der Waals surface area contributed by atoms with Gasteiger partial charge in [0.25, 0.3) is 5.91 Å². The van der Waals surface area contributed by atoms with Crippen molar-refractivity contribution in [3.63, 3.8) is 0 Å². The predicted octanol–water partition coefficient (Wildman–Crippen LogP) is 6.09. The number of rotatable bonds is 6. The molecule has 0 aromatic heterocycles. The highest BCUT2D eigenvalue weighted by molar-refractivity contribution is 8.26. The van der Waals surface area contributed by atoms with Crippen LogP contribution in [0.15, 0.2) is 23.1 Å². The molecule has 0 aromatic carbocycles. The lowest BCUT2D eigenvalue weighted by molar-refractivity contribution is -0.146. The number of allylic oxidation sites excluding steroid dienone is 2. The molecule has 1 amide bonds. The largest absolute Gasteiger partial charge is 0.480 e. The lowest BCUT2D eigenvalue weighted by atomic mass is 9.77. The Morgan fingerprint density at radius 2 is 1.78 bits per heavy atom. The van der Waals surface area contributed by atoms with E-state index >= 15 is 0 Å². The van der Waals surface area contributed by atoms with Gasteiger partial charge in [-0.25, -0.2) is 4.79 Å². The molecule has 7 heteroatoms. The zero-order valence-corrected chi connectivity index (χ0v) is 21.0. The second kappa shape index (κ2) is 11.8. The highest BCUT2D eigenvalue weighted by Crippen LogP contribution is 2.41. The van der Waals surface area contributed by atoms with E-state index in [9.17, 15) is 14.7 Å². The van der Waals surface area contributed by atoms with Gasteiger partial charge in [0, 0.05) is 6.61 Å². The fraction of sp³-hybridized carbons (Fsp3) is 0.720. The predicted molar refractivity (Wildman–Crippen MR) is 133 cm³/mol. The molecule has 3 rings (SSSR count). The third kappa shape index (κ3) is 6.03. The Bertz CT molecular complexity index is 745. The lowest BCUT2D eigenvalue weighted by Gasteiger charge is -2.35. The van der Waals surface area contributed by atoms with Gasteiger partial charge in [-0.1, -0.05) is 94.9 Å². The minimum atomic E-state index is -1.03. The number of amides is 1. The molecule has 2 unspecified atom stereocenters. The van der Waals surface area contributed by atoms with Gasteiger partial charge in [0.1, 0.15) is 10.4 Å². The van der Waals surface area contributed by atoms with E-state index in [4.69, 9.17) is 17.0 Å². The molecule has 1 saturated carbocycles. The van der Waals surface area contributed by atoms with Crippen LogP contribution < -0.4 is 0 Å². The van der Waals surface area contributed by atoms with Gasteiger partial charge in [-0.05, 0) is 43.6 Å². The average Bonchev–Trinajstić information content (AvgIpc) is 3.33. The van der Waals surface area contributed by atoms with Crippen LogP contribution in [0.4, 0.5) is 0 Å². The zero-order valence-electron chi connectivity index (χ0n) is 19.4. The molecule has 3 fully saturated rings. The molecule has 178 valence electrons. The number of hydrogen-bond donors (Lipinski definition) is 1. The fourth-order valence-electron chi connectivity index (χ4n) is 5.30. The van der Waals surface area contributed by atoms with Crippen molar-refractivity contribution in [2.24, 2.45) is 11.8 Å². The number of aliphatic carboxylic acids is 1. The first-order valence-corrected chi connectivity index (χ1v) is 13.4. The van der Waals surface area contributed by atoms with Crippen molar-refractivity contribution in [3.8, 4) is 0 Å². The monoisotopic (exact) mass is 479 g/mol. The van der Waals surface area contributed by atoms with E-state index in [1.165, 1.54) is 74.4 Å². The van der Waals surface area contributed by atoms with Crippen LogP contribution in [-0.4, -0.2) is 44.5 Å². The third-order valence-corrected chi connectivity index (χ3v) is 8.34. The van der Waals surface area contributed by atoms with E-state index in [0.29, 0.717) is 15.1 Å². The Balaban J connectivity index is 1.76. The number of thiocarbonyl (C=S) groups is 1. The molecule has 1 N–H and O–H groups in total. The number of carbonyl (C=O) groups is 2. The first-order valence-electron chi connectivity index (χ1n) is 12.2. The van der Waals surface area contributed by atoms with Crippen LogP contribution in [-0.2, 0) is 14.3 Å². The molecule has 2 heterocycles. The molecular weight excluding hydrogens is 442 g/mol. The van der Waals surface area contributed by atoms with E-state index in [0.717, 1.165) is 19.4 Å². The number of carboxylic acid groups (broad SMARTS) is 1. The summed E-state index contributed by atoms with van der Waals surface area (Å²) in [6.07, 6.45) is 19.6. The maximum Gasteiger partial charge on any atom is 0.327 e. The van der Waals surface area contributed by atoms with Crippen molar-refractivity contribution in [2.75, 3.05) is 6.61 Å². The summed E-state index contributed by atoms with van der Waals surface area (Å²) in [5.74, 6) is -1.06. The summed E-state index contributed by atoms with van der Waals surface area (Å²) in [6, 6.07) is -0.940. The summed E-state index contributed by atoms with van der Waals surface area (Å²) >= 11 is 6.54. The van der Waals surface area contributed by atoms with Crippen molar-refractivity contribution in [3.05, 3.63) is 23.1 Å². The standard InChI is InChI=1S/C25H37NO4S2/c1-18(2)21(23(28)29)26-22(27)20(32-24(26)31)14-10-15-25(16-11-17-30-25)19-12-8-6-4-3-5-7-9-13-19/h10,14-15,18-19,21H,3-9,11-13,16-17H2,1-2H3,(H,28,29)/b15-10+,20-14-. The molecule has 5 nitrogen and oxygen atoms in total. The summed E-state index contributed by atoms with van der Waals surface area (Å²) in [4.78, 5) is 26.4. The summed E-state index contributed by atoms with van der Waals surface area (Å²) < 4.78 is 6.68. The van der Waals surface area contributed by atoms with Crippen molar-refractivity contribution in [1.29, 1.82) is 0 Å². The van der Waals surface area contributed by atoms with Gasteiger partial charge in [0.15, 0.2) is 0 Å². The molecule has 0 aromatic rings. The molecular formula is C25H37NO4S2. The summed E-state index contributed by atoms with van der Waals surface area (Å²) in [5, 5.41) is 9.59. The van der Waals surface area contributed by atoms with Crippen LogP contribution in [0.5, 0.6) is 0 Å². The Morgan fingerprint density at radius 1 is 1.16 bits per heavy atom. The number of thioether (sulfide) groups is 1. The minimum Gasteiger partial charge on any atom is -0.480 e. The zero-order chi connectivity index (χ0) is 23.1. The van der Waals surface area contributed by atoms with Crippen molar-refractivity contribution >= 4 is 40.2 Å². The van der Waals surface area contributed by atoms with Crippen LogP contribution >= 0.6 is 24.0 Å². The molecule has 2 atom stereocenters. The molecule has 0 radical (unpaired) electrons. The van der Waals surface area contributed by atoms with Gasteiger partial charge in [-0.15, -0.1) is 0 Å². The molecule has 0 bridgehead atoms. The van der Waals surface area contributed by atoms with Crippen molar-refractivity contribution in [1.82, 2.24) is 4.90 Å². The molecule has 1 aliphatic carbocycles. The van der Waals surface area contributed by atoms with Crippen molar-refractivity contribution in [2.45, 2.75) is 96.1 Å². The summed E-state index contributed by atoms with van der Waals surface area (Å²) in [5.41, 5.74) is -0.246. The Hall–Kier alpha value is -1.18. The van der Waals surface area contributed by atoms with Crippen LogP contribution in [0.3, 0.4) is 0 Å². The van der Waals surface area contributed by atoms with Crippen LogP contribution in [0.25, 0.3) is 0 Å². The number of nitrogens with zero attached hydrogens (tertiary/aromatic N) is 1. The minimum absolute atomic E-state index is 0.229. The van der Waals surface area contributed by atoms with E-state index < -0.39 is 12.0 Å². The summed E-state index contributed by atoms with van der Waals surface area (Å²) in [7, 11) is 0. The van der Waals surface area contributed by atoms with Crippen molar-refractivity contribution < 1.29 is 19.4 Å². The van der Waals surface area contributed by atoms with E-state index in [-0.39, 0.29) is 17.4 Å².